The molecule has 9 heteroatoms. The Hall–Kier alpha value is -4.53. The van der Waals surface area contributed by atoms with Crippen molar-refractivity contribution in [1.82, 2.24) is 9.66 Å². The Kier molecular flexibility index (Phi) is 5.27. The van der Waals surface area contributed by atoms with E-state index in [-0.39, 0.29) is 13.4 Å². The van der Waals surface area contributed by atoms with Gasteiger partial charge in [0, 0.05) is 5.56 Å². The molecular formula is C24H19N3O6. The van der Waals surface area contributed by atoms with E-state index < -0.39 is 11.2 Å². The summed E-state index contributed by atoms with van der Waals surface area (Å²) in [5.41, 5.74) is 0.704. The van der Waals surface area contributed by atoms with Gasteiger partial charge in [-0.25, -0.2) is 4.79 Å². The van der Waals surface area contributed by atoms with Crippen LogP contribution in [0.5, 0.6) is 23.0 Å². The fourth-order valence-electron chi connectivity index (χ4n) is 3.51. The van der Waals surface area contributed by atoms with Crippen LogP contribution in [-0.2, 0) is 6.61 Å². The molecule has 166 valence electrons. The molecule has 1 aliphatic heterocycles. The topological polar surface area (TPSA) is 104 Å². The molecule has 1 N–H and O–H groups in total. The number of nitrogens with zero attached hydrogens (tertiary/aromatic N) is 2. The Morgan fingerprint density at radius 2 is 1.91 bits per heavy atom. The first-order valence-corrected chi connectivity index (χ1v) is 10.1. The molecule has 0 spiro atoms. The second-order valence-corrected chi connectivity index (χ2v) is 7.19. The van der Waals surface area contributed by atoms with Gasteiger partial charge < -0.3 is 23.9 Å². The van der Waals surface area contributed by atoms with Gasteiger partial charge in [-0.2, -0.15) is 5.10 Å². The van der Waals surface area contributed by atoms with Gasteiger partial charge in [0.25, 0.3) is 5.56 Å². The van der Waals surface area contributed by atoms with Gasteiger partial charge in [-0.1, -0.05) is 24.3 Å². The fraction of sp³-hybridized carbons (Fsp3) is 0.125. The van der Waals surface area contributed by atoms with Crippen molar-refractivity contribution in [2.45, 2.75) is 6.61 Å². The van der Waals surface area contributed by atoms with E-state index in [0.29, 0.717) is 39.5 Å². The number of fused-ring (bicyclic) bond motifs is 2. The zero-order valence-electron chi connectivity index (χ0n) is 17.6. The van der Waals surface area contributed by atoms with Crippen LogP contribution in [0.4, 0.5) is 0 Å². The normalized spacial score (nSPS) is 12.4. The van der Waals surface area contributed by atoms with Crippen molar-refractivity contribution in [3.05, 3.63) is 92.6 Å². The number of benzene rings is 3. The number of methoxy groups -OCH3 is 1. The van der Waals surface area contributed by atoms with Crippen LogP contribution < -0.4 is 30.2 Å². The zero-order chi connectivity index (χ0) is 22.8. The van der Waals surface area contributed by atoms with E-state index in [2.05, 4.69) is 10.1 Å². The molecule has 0 bridgehead atoms. The van der Waals surface area contributed by atoms with E-state index in [1.54, 1.807) is 42.5 Å². The van der Waals surface area contributed by atoms with E-state index in [1.165, 1.54) is 13.3 Å². The molecule has 0 radical (unpaired) electrons. The summed E-state index contributed by atoms with van der Waals surface area (Å²) in [7, 11) is 1.53. The number of hydrogen-bond acceptors (Lipinski definition) is 7. The quantitative estimate of drug-likeness (QED) is 0.458. The van der Waals surface area contributed by atoms with Gasteiger partial charge in [0.1, 0.15) is 6.61 Å². The monoisotopic (exact) mass is 445 g/mol. The maximum Gasteiger partial charge on any atom is 0.349 e. The average Bonchev–Trinajstić information content (AvgIpc) is 3.30. The highest BCUT2D eigenvalue weighted by Crippen LogP contribution is 2.34. The van der Waals surface area contributed by atoms with Gasteiger partial charge in [-0.15, -0.1) is 4.68 Å². The summed E-state index contributed by atoms with van der Waals surface area (Å²) in [4.78, 5) is 27.8. The summed E-state index contributed by atoms with van der Waals surface area (Å²) in [6.45, 7) is 0.425. The number of para-hydroxylation sites is 2. The van der Waals surface area contributed by atoms with E-state index in [0.717, 1.165) is 10.2 Å². The number of ether oxygens (including phenoxy) is 4. The second kappa shape index (κ2) is 8.54. The minimum Gasteiger partial charge on any atom is -0.493 e. The number of hydrogen-bond donors (Lipinski definition) is 1. The number of aromatic nitrogens is 2. The second-order valence-electron chi connectivity index (χ2n) is 7.19. The lowest BCUT2D eigenvalue weighted by Crippen LogP contribution is -2.32. The van der Waals surface area contributed by atoms with Crippen LogP contribution in [-0.4, -0.2) is 29.8 Å². The molecule has 0 unspecified atom stereocenters. The first-order chi connectivity index (χ1) is 16.1. The molecule has 0 atom stereocenters. The van der Waals surface area contributed by atoms with Crippen LogP contribution >= 0.6 is 0 Å². The minimum atomic E-state index is -0.638. The summed E-state index contributed by atoms with van der Waals surface area (Å²) < 4.78 is 23.0. The van der Waals surface area contributed by atoms with Crippen LogP contribution in [0.2, 0.25) is 0 Å². The minimum absolute atomic E-state index is 0.194. The predicted octanol–water partition coefficient (Wildman–Crippen LogP) is 2.89. The van der Waals surface area contributed by atoms with Crippen molar-refractivity contribution in [1.29, 1.82) is 0 Å². The molecule has 1 aliphatic rings. The summed E-state index contributed by atoms with van der Waals surface area (Å²) in [6.07, 6.45) is 1.39. The van der Waals surface area contributed by atoms with Crippen LogP contribution in [0.3, 0.4) is 0 Å². The molecule has 4 aromatic rings. The summed E-state index contributed by atoms with van der Waals surface area (Å²) in [5, 5.41) is 4.49. The fourth-order valence-corrected chi connectivity index (χ4v) is 3.51. The van der Waals surface area contributed by atoms with Crippen LogP contribution in [0.15, 0.2) is 75.4 Å². The molecule has 1 aromatic heterocycles. The smallest absolute Gasteiger partial charge is 0.349 e. The molecule has 0 amide bonds. The average molecular weight is 445 g/mol. The lowest BCUT2D eigenvalue weighted by molar-refractivity contribution is 0.174. The highest BCUT2D eigenvalue weighted by molar-refractivity contribution is 5.85. The van der Waals surface area contributed by atoms with E-state index >= 15 is 0 Å². The molecule has 0 fully saturated rings. The van der Waals surface area contributed by atoms with Crippen molar-refractivity contribution in [3.8, 4) is 23.0 Å². The van der Waals surface area contributed by atoms with Gasteiger partial charge in [-0.3, -0.25) is 4.79 Å². The number of aromatic amines is 1. The third-order valence-electron chi connectivity index (χ3n) is 5.15. The summed E-state index contributed by atoms with van der Waals surface area (Å²) in [6, 6.07) is 17.6. The van der Waals surface area contributed by atoms with Crippen LogP contribution in [0.25, 0.3) is 10.9 Å². The van der Waals surface area contributed by atoms with Gasteiger partial charge in [0.05, 0.1) is 24.2 Å². The van der Waals surface area contributed by atoms with E-state index in [4.69, 9.17) is 18.9 Å². The lowest BCUT2D eigenvalue weighted by Gasteiger charge is -2.13. The molecular weight excluding hydrogens is 426 g/mol. The lowest BCUT2D eigenvalue weighted by atomic mass is 10.2. The SMILES string of the molecule is COc1cccc(C=Nn2c(=O)[nH]c3ccccc3c2=O)c1OCc1ccc2c(c1)OCO2. The molecule has 2 heterocycles. The Morgan fingerprint density at radius 1 is 1.06 bits per heavy atom. The van der Waals surface area contributed by atoms with Crippen molar-refractivity contribution in [3.63, 3.8) is 0 Å². The Labute approximate surface area is 187 Å². The molecule has 33 heavy (non-hydrogen) atoms. The van der Waals surface area contributed by atoms with Crippen LogP contribution in [0, 0.1) is 0 Å². The van der Waals surface area contributed by atoms with Crippen molar-refractivity contribution in [2.24, 2.45) is 5.10 Å². The Morgan fingerprint density at radius 3 is 2.79 bits per heavy atom. The zero-order valence-corrected chi connectivity index (χ0v) is 17.6. The summed E-state index contributed by atoms with van der Waals surface area (Å²) in [5.74, 6) is 2.26. The first-order valence-electron chi connectivity index (χ1n) is 10.1. The van der Waals surface area contributed by atoms with E-state index in [9.17, 15) is 9.59 Å². The third-order valence-corrected chi connectivity index (χ3v) is 5.15. The highest BCUT2D eigenvalue weighted by atomic mass is 16.7. The number of H-pyrrole nitrogens is 1. The Bertz CT molecular complexity index is 1490. The molecule has 3 aromatic carbocycles. The van der Waals surface area contributed by atoms with Gasteiger partial charge >= 0.3 is 5.69 Å². The standard InChI is InChI=1S/C24H19N3O6/c1-30-20-8-4-5-16(22(20)31-13-15-9-10-19-21(11-15)33-14-32-19)12-25-27-23(28)17-6-2-3-7-18(17)26-24(27)29/h2-12H,13-14H2,1H3,(H,26,29). The largest absolute Gasteiger partial charge is 0.493 e. The van der Waals surface area contributed by atoms with Crippen molar-refractivity contribution >= 4 is 17.1 Å². The van der Waals surface area contributed by atoms with Gasteiger partial charge in [0.15, 0.2) is 23.0 Å². The number of rotatable bonds is 6. The molecule has 9 nitrogen and oxygen atoms in total. The first kappa shape index (κ1) is 20.4. The highest BCUT2D eigenvalue weighted by Gasteiger charge is 2.15. The van der Waals surface area contributed by atoms with Crippen LogP contribution in [0.1, 0.15) is 11.1 Å². The molecule has 5 rings (SSSR count). The molecule has 0 saturated heterocycles. The van der Waals surface area contributed by atoms with Crippen molar-refractivity contribution < 1.29 is 18.9 Å². The third kappa shape index (κ3) is 3.91. The predicted molar refractivity (Wildman–Crippen MR) is 122 cm³/mol. The maximum absolute atomic E-state index is 12.7. The van der Waals surface area contributed by atoms with Crippen molar-refractivity contribution in [2.75, 3.05) is 13.9 Å². The summed E-state index contributed by atoms with van der Waals surface area (Å²) >= 11 is 0. The molecule has 0 aliphatic carbocycles. The van der Waals surface area contributed by atoms with Gasteiger partial charge in [0.2, 0.25) is 6.79 Å². The number of nitrogens with one attached hydrogen (secondary N) is 1. The molecule has 0 saturated carbocycles. The van der Waals surface area contributed by atoms with E-state index in [1.807, 2.05) is 18.2 Å². The Balaban J connectivity index is 1.47. The van der Waals surface area contributed by atoms with Gasteiger partial charge in [-0.05, 0) is 42.0 Å². The maximum atomic E-state index is 12.7.